The lowest BCUT2D eigenvalue weighted by atomic mass is 9.82. The van der Waals surface area contributed by atoms with E-state index >= 15 is 0 Å². The highest BCUT2D eigenvalue weighted by molar-refractivity contribution is 5.93. The summed E-state index contributed by atoms with van der Waals surface area (Å²) < 4.78 is 67.4. The summed E-state index contributed by atoms with van der Waals surface area (Å²) in [6, 6.07) is 5.00. The fraction of sp³-hybridized carbons (Fsp3) is 0.667. The number of ether oxygens (including phenoxy) is 2. The normalized spacial score (nSPS) is 24.1. The molecule has 1 saturated carbocycles. The molecule has 1 aromatic carbocycles. The second kappa shape index (κ2) is 12.1. The van der Waals surface area contributed by atoms with E-state index in [1.165, 1.54) is 11.0 Å². The molecule has 0 aromatic heterocycles. The number of allylic oxidation sites excluding steroid dienone is 1. The van der Waals surface area contributed by atoms with Crippen LogP contribution in [0.5, 0.6) is 5.75 Å². The maximum absolute atomic E-state index is 14.9. The molecule has 4 aliphatic rings. The molecule has 0 bridgehead atoms. The Balaban J connectivity index is 1.10. The minimum atomic E-state index is -4.53. The molecule has 2 aliphatic carbocycles. The minimum absolute atomic E-state index is 0.0412. The number of rotatable bonds is 6. The Bertz CT molecular complexity index is 1100. The van der Waals surface area contributed by atoms with Crippen molar-refractivity contribution in [1.29, 1.82) is 0 Å². The third kappa shape index (κ3) is 6.02. The monoisotopic (exact) mass is 566 g/mol. The molecule has 1 atom stereocenters. The summed E-state index contributed by atoms with van der Waals surface area (Å²) in [5, 5.41) is 0. The van der Waals surface area contributed by atoms with E-state index in [0.29, 0.717) is 64.8 Å². The Kier molecular flexibility index (Phi) is 8.73. The van der Waals surface area contributed by atoms with E-state index in [4.69, 9.17) is 9.47 Å². The van der Waals surface area contributed by atoms with Crippen molar-refractivity contribution in [1.82, 2.24) is 9.80 Å². The standard InChI is InChI=1S/C30H38F4N2O4/c31-25-19-24(22-3-5-23(6-4-22)27(37)35-15-17-39-18-16-35)7-8-26(25)40-20-21-9-13-36(14-10-21)28(38)29(30(32,33)34)11-1-2-12-29/h5,7-8,19,21-22H,1-4,6,9-18,20H2. The van der Waals surface area contributed by atoms with Gasteiger partial charge in [0.25, 0.3) is 0 Å². The zero-order valence-corrected chi connectivity index (χ0v) is 22.8. The molecule has 5 rings (SSSR count). The van der Waals surface area contributed by atoms with Crippen LogP contribution in [0.25, 0.3) is 0 Å². The molecule has 0 spiro atoms. The predicted molar refractivity (Wildman–Crippen MR) is 140 cm³/mol. The highest BCUT2D eigenvalue weighted by Gasteiger charge is 2.62. The molecule has 2 amide bonds. The summed E-state index contributed by atoms with van der Waals surface area (Å²) in [5.41, 5.74) is -0.533. The Labute approximate surface area is 232 Å². The molecule has 2 aliphatic heterocycles. The van der Waals surface area contributed by atoms with Crippen molar-refractivity contribution < 1.29 is 36.6 Å². The number of benzene rings is 1. The van der Waals surface area contributed by atoms with Gasteiger partial charge in [-0.1, -0.05) is 25.0 Å². The van der Waals surface area contributed by atoms with Crippen molar-refractivity contribution >= 4 is 11.8 Å². The number of carbonyl (C=O) groups is 2. The molecule has 40 heavy (non-hydrogen) atoms. The van der Waals surface area contributed by atoms with Crippen molar-refractivity contribution in [2.75, 3.05) is 46.0 Å². The van der Waals surface area contributed by atoms with Gasteiger partial charge in [0.1, 0.15) is 5.41 Å². The number of piperidine rings is 1. The van der Waals surface area contributed by atoms with Gasteiger partial charge in [-0.25, -0.2) is 4.39 Å². The maximum atomic E-state index is 14.9. The third-order valence-electron chi connectivity index (χ3n) is 9.20. The highest BCUT2D eigenvalue weighted by Crippen LogP contribution is 2.52. The minimum Gasteiger partial charge on any atom is -0.490 e. The van der Waals surface area contributed by atoms with Gasteiger partial charge < -0.3 is 19.3 Å². The molecular weight excluding hydrogens is 528 g/mol. The Morgan fingerprint density at radius 3 is 2.30 bits per heavy atom. The van der Waals surface area contributed by atoms with Crippen molar-refractivity contribution in [3.8, 4) is 5.75 Å². The summed E-state index contributed by atoms with van der Waals surface area (Å²) in [6.07, 6.45) is 1.21. The first-order valence-corrected chi connectivity index (χ1v) is 14.5. The first kappa shape index (κ1) is 28.9. The van der Waals surface area contributed by atoms with E-state index in [9.17, 15) is 27.2 Å². The van der Waals surface area contributed by atoms with E-state index in [1.54, 1.807) is 6.07 Å². The summed E-state index contributed by atoms with van der Waals surface area (Å²) in [4.78, 5) is 28.8. The highest BCUT2D eigenvalue weighted by atomic mass is 19.4. The van der Waals surface area contributed by atoms with Crippen molar-refractivity contribution in [2.45, 2.75) is 69.9 Å². The zero-order chi connectivity index (χ0) is 28.3. The number of hydrogen-bond acceptors (Lipinski definition) is 4. The van der Waals surface area contributed by atoms with Crippen LogP contribution in [0.3, 0.4) is 0 Å². The fourth-order valence-corrected chi connectivity index (χ4v) is 6.60. The Hall–Kier alpha value is -2.62. The topological polar surface area (TPSA) is 59.1 Å². The Morgan fingerprint density at radius 2 is 1.70 bits per heavy atom. The predicted octanol–water partition coefficient (Wildman–Crippen LogP) is 5.62. The van der Waals surface area contributed by atoms with Gasteiger partial charge in [0.15, 0.2) is 11.6 Å². The van der Waals surface area contributed by atoms with Crippen molar-refractivity contribution in [2.24, 2.45) is 11.3 Å². The molecule has 220 valence electrons. The van der Waals surface area contributed by atoms with E-state index in [2.05, 4.69) is 0 Å². The first-order valence-electron chi connectivity index (χ1n) is 14.5. The summed E-state index contributed by atoms with van der Waals surface area (Å²) in [7, 11) is 0. The fourth-order valence-electron chi connectivity index (χ4n) is 6.60. The molecule has 6 nitrogen and oxygen atoms in total. The largest absolute Gasteiger partial charge is 0.490 e. The maximum Gasteiger partial charge on any atom is 0.403 e. The number of likely N-dealkylation sites (tertiary alicyclic amines) is 1. The van der Waals surface area contributed by atoms with Crippen LogP contribution in [-0.4, -0.2) is 73.8 Å². The number of amides is 2. The SMILES string of the molecule is O=C(C1=CCC(c2ccc(OCC3CCN(C(=O)C4(C(F)(F)F)CCCC4)CC3)c(F)c2)CC1)N1CCOCC1. The van der Waals surface area contributed by atoms with Gasteiger partial charge >= 0.3 is 6.18 Å². The van der Waals surface area contributed by atoms with Crippen LogP contribution < -0.4 is 4.74 Å². The van der Waals surface area contributed by atoms with Gasteiger partial charge in [-0.2, -0.15) is 13.2 Å². The molecule has 2 heterocycles. The smallest absolute Gasteiger partial charge is 0.403 e. The number of carbonyl (C=O) groups excluding carboxylic acids is 2. The third-order valence-corrected chi connectivity index (χ3v) is 9.20. The van der Waals surface area contributed by atoms with Crippen LogP contribution in [0.2, 0.25) is 0 Å². The lowest BCUT2D eigenvalue weighted by Crippen LogP contribution is -2.53. The second-order valence-corrected chi connectivity index (χ2v) is 11.6. The van der Waals surface area contributed by atoms with Gasteiger partial charge in [-0.05, 0) is 74.5 Å². The van der Waals surface area contributed by atoms with E-state index in [0.717, 1.165) is 17.6 Å². The molecule has 2 saturated heterocycles. The molecule has 0 radical (unpaired) electrons. The van der Waals surface area contributed by atoms with Crippen molar-refractivity contribution in [3.63, 3.8) is 0 Å². The zero-order valence-electron chi connectivity index (χ0n) is 22.8. The van der Waals surface area contributed by atoms with Crippen LogP contribution in [0.15, 0.2) is 29.8 Å². The average Bonchev–Trinajstić information content (AvgIpc) is 3.49. The van der Waals surface area contributed by atoms with Crippen molar-refractivity contribution in [3.05, 3.63) is 41.2 Å². The lowest BCUT2D eigenvalue weighted by Gasteiger charge is -2.39. The summed E-state index contributed by atoms with van der Waals surface area (Å²) in [6.45, 7) is 3.13. The second-order valence-electron chi connectivity index (χ2n) is 11.6. The molecule has 0 N–H and O–H groups in total. The van der Waals surface area contributed by atoms with E-state index in [-0.39, 0.29) is 56.0 Å². The van der Waals surface area contributed by atoms with Gasteiger partial charge in [-0.3, -0.25) is 9.59 Å². The van der Waals surface area contributed by atoms with Crippen LogP contribution in [-0.2, 0) is 14.3 Å². The number of halogens is 4. The average molecular weight is 567 g/mol. The summed E-state index contributed by atoms with van der Waals surface area (Å²) in [5.74, 6) is -0.832. The molecular formula is C30H38F4N2O4. The quantitative estimate of drug-likeness (QED) is 0.420. The number of hydrogen-bond donors (Lipinski definition) is 0. The summed E-state index contributed by atoms with van der Waals surface area (Å²) >= 11 is 0. The Morgan fingerprint density at radius 1 is 1.00 bits per heavy atom. The van der Waals surface area contributed by atoms with Gasteiger partial charge in [0, 0.05) is 31.8 Å². The van der Waals surface area contributed by atoms with E-state index < -0.39 is 23.3 Å². The molecule has 3 fully saturated rings. The van der Waals surface area contributed by atoms with Crippen LogP contribution in [0.4, 0.5) is 17.6 Å². The van der Waals surface area contributed by atoms with Crippen LogP contribution in [0, 0.1) is 17.2 Å². The molecule has 1 aromatic rings. The van der Waals surface area contributed by atoms with Crippen LogP contribution in [0.1, 0.15) is 69.3 Å². The molecule has 10 heteroatoms. The van der Waals surface area contributed by atoms with E-state index in [1.807, 2.05) is 17.0 Å². The van der Waals surface area contributed by atoms with Gasteiger partial charge in [0.2, 0.25) is 11.8 Å². The molecule has 1 unspecified atom stereocenters. The lowest BCUT2D eigenvalue weighted by molar-refractivity contribution is -0.226. The van der Waals surface area contributed by atoms with Crippen LogP contribution >= 0.6 is 0 Å². The number of morpholine rings is 1. The number of nitrogens with zero attached hydrogens (tertiary/aromatic N) is 2. The first-order chi connectivity index (χ1) is 19.2. The van der Waals surface area contributed by atoms with Gasteiger partial charge in [-0.15, -0.1) is 0 Å². The number of alkyl halides is 3. The van der Waals surface area contributed by atoms with Gasteiger partial charge in [0.05, 0.1) is 19.8 Å².